The Bertz CT molecular complexity index is 1470. The number of carbonyl (C=O) groups excluding carboxylic acids is 1. The van der Waals surface area contributed by atoms with Crippen LogP contribution in [-0.2, 0) is 24.2 Å². The lowest BCUT2D eigenvalue weighted by Gasteiger charge is -2.33. The molecule has 1 unspecified atom stereocenters. The number of aromatic nitrogens is 6. The van der Waals surface area contributed by atoms with E-state index in [9.17, 15) is 14.7 Å². The molecule has 0 radical (unpaired) electrons. The molecule has 1 saturated heterocycles. The number of fused-ring (bicyclic) bond motifs is 2. The van der Waals surface area contributed by atoms with Gasteiger partial charge in [0.2, 0.25) is 5.91 Å². The fraction of sp³-hybridized carbons (Fsp3) is 0.385. The number of ether oxygens (including phenoxy) is 1. The van der Waals surface area contributed by atoms with E-state index in [1.165, 1.54) is 6.33 Å². The fourth-order valence-corrected chi connectivity index (χ4v) is 5.49. The van der Waals surface area contributed by atoms with Crippen molar-refractivity contribution in [2.75, 3.05) is 24.6 Å². The summed E-state index contributed by atoms with van der Waals surface area (Å²) < 4.78 is 6.40. The number of carboxylic acid groups (broad SMARTS) is 1. The summed E-state index contributed by atoms with van der Waals surface area (Å²) >= 11 is 0. The smallest absolute Gasteiger partial charge is 0.405 e. The van der Waals surface area contributed by atoms with E-state index in [4.69, 9.17) is 4.74 Å². The number of amides is 2. The van der Waals surface area contributed by atoms with Crippen molar-refractivity contribution >= 4 is 29.0 Å². The molecule has 13 nitrogen and oxygen atoms in total. The molecule has 1 fully saturated rings. The van der Waals surface area contributed by atoms with Crippen LogP contribution >= 0.6 is 0 Å². The molecule has 0 saturated carbocycles. The molecule has 4 aromatic rings. The topological polar surface area (TPSA) is 165 Å². The Morgan fingerprint density at radius 2 is 2.10 bits per heavy atom. The summed E-state index contributed by atoms with van der Waals surface area (Å²) in [6.07, 6.45) is 7.90. The second kappa shape index (κ2) is 10.6. The van der Waals surface area contributed by atoms with Gasteiger partial charge < -0.3 is 34.9 Å². The van der Waals surface area contributed by atoms with Gasteiger partial charge in [-0.2, -0.15) is 0 Å². The van der Waals surface area contributed by atoms with Gasteiger partial charge in [0.15, 0.2) is 11.5 Å². The molecule has 0 bridgehead atoms. The largest absolute Gasteiger partial charge is 0.491 e. The number of rotatable bonds is 8. The van der Waals surface area contributed by atoms with Crippen LogP contribution in [0, 0.1) is 0 Å². The average Bonchev–Trinajstić information content (AvgIpc) is 3.72. The van der Waals surface area contributed by atoms with Crippen molar-refractivity contribution in [2.45, 2.75) is 44.3 Å². The zero-order valence-electron chi connectivity index (χ0n) is 21.2. The van der Waals surface area contributed by atoms with E-state index in [0.29, 0.717) is 37.5 Å². The van der Waals surface area contributed by atoms with E-state index in [-0.39, 0.29) is 18.4 Å². The van der Waals surface area contributed by atoms with Crippen LogP contribution in [0.1, 0.15) is 29.7 Å². The molecule has 1 aromatic carbocycles. The van der Waals surface area contributed by atoms with Crippen LogP contribution in [0.4, 0.5) is 10.6 Å². The normalized spacial score (nSPS) is 17.7. The number of carbonyl (C=O) groups is 2. The molecule has 2 atom stereocenters. The molecule has 13 heteroatoms. The molecule has 5 heterocycles. The third-order valence-corrected chi connectivity index (χ3v) is 7.38. The van der Waals surface area contributed by atoms with Gasteiger partial charge >= 0.3 is 6.09 Å². The number of hydrogen-bond acceptors (Lipinski definition) is 8. The van der Waals surface area contributed by atoms with Crippen molar-refractivity contribution in [1.82, 2.24) is 40.1 Å². The molecule has 2 amide bonds. The van der Waals surface area contributed by atoms with Crippen LogP contribution in [0.2, 0.25) is 0 Å². The number of H-pyrrole nitrogens is 2. The van der Waals surface area contributed by atoms with E-state index < -0.39 is 12.1 Å². The first-order valence-electron chi connectivity index (χ1n) is 13.0. The summed E-state index contributed by atoms with van der Waals surface area (Å²) in [5.74, 6) is 1.25. The van der Waals surface area contributed by atoms with Crippen LogP contribution in [0.25, 0.3) is 11.2 Å². The molecular formula is C26H29N9O4. The van der Waals surface area contributed by atoms with Crippen molar-refractivity contribution in [3.05, 3.63) is 60.2 Å². The average molecular weight is 532 g/mol. The summed E-state index contributed by atoms with van der Waals surface area (Å²) in [6.45, 7) is 2.16. The number of hydrogen-bond donors (Lipinski definition) is 4. The summed E-state index contributed by atoms with van der Waals surface area (Å²) in [6, 6.07) is 5.15. The standard InChI is InChI=1S/C26H29N9O4/c36-25(20(33-26(37)38)9-17-10-27-13-28-17)34-8-6-16-3-1-5-21(19(16)11-34)39-12-18-4-2-7-35(18)24-22-23(30-14-29-22)31-15-32-24/h1,3,5,10,13-15,18,20,33H,2,4,6-9,11-12H2,(H,27,28)(H,37,38)(H,29,30,31,32)/t18-,20?/m1/s1. The van der Waals surface area contributed by atoms with Crippen molar-refractivity contribution in [3.63, 3.8) is 0 Å². The van der Waals surface area contributed by atoms with E-state index in [0.717, 1.165) is 47.6 Å². The highest BCUT2D eigenvalue weighted by Crippen LogP contribution is 2.31. The molecule has 6 rings (SSSR count). The highest BCUT2D eigenvalue weighted by Gasteiger charge is 2.32. The monoisotopic (exact) mass is 531 g/mol. The van der Waals surface area contributed by atoms with Gasteiger partial charge in [-0.1, -0.05) is 12.1 Å². The Hall–Kier alpha value is -4.68. The maximum Gasteiger partial charge on any atom is 0.405 e. The van der Waals surface area contributed by atoms with Crippen molar-refractivity contribution in [1.29, 1.82) is 0 Å². The first kappa shape index (κ1) is 24.6. The van der Waals surface area contributed by atoms with Gasteiger partial charge in [-0.25, -0.2) is 24.7 Å². The van der Waals surface area contributed by atoms with Crippen molar-refractivity contribution in [3.8, 4) is 5.75 Å². The van der Waals surface area contributed by atoms with E-state index >= 15 is 0 Å². The SMILES string of the molecule is O=C(O)NC(Cc1c[nH]cn1)C(=O)N1CCc2cccc(OC[C@H]3CCCN3c3ncnc4[nH]cnc34)c2C1. The Balaban J connectivity index is 1.17. The van der Waals surface area contributed by atoms with Crippen LogP contribution in [0.15, 0.2) is 43.4 Å². The summed E-state index contributed by atoms with van der Waals surface area (Å²) in [5.41, 5.74) is 4.14. The molecule has 202 valence electrons. The zero-order chi connectivity index (χ0) is 26.8. The number of benzene rings is 1. The predicted octanol–water partition coefficient (Wildman–Crippen LogP) is 1.89. The third-order valence-electron chi connectivity index (χ3n) is 7.38. The Morgan fingerprint density at radius 1 is 1.18 bits per heavy atom. The quantitative estimate of drug-likeness (QED) is 0.266. The minimum atomic E-state index is -1.25. The van der Waals surface area contributed by atoms with Crippen LogP contribution in [0.3, 0.4) is 0 Å². The number of imidazole rings is 2. The second-order valence-corrected chi connectivity index (χ2v) is 9.77. The first-order valence-corrected chi connectivity index (χ1v) is 13.0. The van der Waals surface area contributed by atoms with E-state index in [1.54, 1.807) is 23.8 Å². The molecule has 2 aliphatic heterocycles. The molecule has 4 N–H and O–H groups in total. The minimum Gasteiger partial charge on any atom is -0.491 e. The number of nitrogens with zero attached hydrogens (tertiary/aromatic N) is 6. The highest BCUT2D eigenvalue weighted by atomic mass is 16.5. The maximum absolute atomic E-state index is 13.4. The molecular weight excluding hydrogens is 502 g/mol. The Labute approximate surface area is 223 Å². The van der Waals surface area contributed by atoms with Gasteiger partial charge in [0.1, 0.15) is 30.2 Å². The van der Waals surface area contributed by atoms with Gasteiger partial charge in [-0.15, -0.1) is 0 Å². The van der Waals surface area contributed by atoms with Gasteiger partial charge in [-0.3, -0.25) is 4.79 Å². The summed E-state index contributed by atoms with van der Waals surface area (Å²) in [5, 5.41) is 11.7. The molecule has 0 aliphatic carbocycles. The lowest BCUT2D eigenvalue weighted by molar-refractivity contribution is -0.134. The lowest BCUT2D eigenvalue weighted by Crippen LogP contribution is -2.50. The minimum absolute atomic E-state index is 0.120. The number of anilines is 1. The molecule has 0 spiro atoms. The molecule has 3 aromatic heterocycles. The maximum atomic E-state index is 13.4. The highest BCUT2D eigenvalue weighted by molar-refractivity contribution is 5.86. The Kier molecular flexibility index (Phi) is 6.69. The summed E-state index contributed by atoms with van der Waals surface area (Å²) in [7, 11) is 0. The van der Waals surface area contributed by atoms with Gasteiger partial charge in [0, 0.05) is 37.8 Å². The second-order valence-electron chi connectivity index (χ2n) is 9.77. The van der Waals surface area contributed by atoms with Crippen molar-refractivity contribution < 1.29 is 19.4 Å². The van der Waals surface area contributed by atoms with Crippen molar-refractivity contribution in [2.24, 2.45) is 0 Å². The lowest BCUT2D eigenvalue weighted by atomic mass is 9.97. The summed E-state index contributed by atoms with van der Waals surface area (Å²) in [4.78, 5) is 52.0. The number of aromatic amines is 2. The van der Waals surface area contributed by atoms with Gasteiger partial charge in [0.25, 0.3) is 0 Å². The van der Waals surface area contributed by atoms with E-state index in [1.807, 2.05) is 12.1 Å². The van der Waals surface area contributed by atoms with Gasteiger partial charge in [0.05, 0.1) is 24.4 Å². The molecule has 2 aliphatic rings. The van der Waals surface area contributed by atoms with Crippen LogP contribution < -0.4 is 15.0 Å². The zero-order valence-corrected chi connectivity index (χ0v) is 21.2. The van der Waals surface area contributed by atoms with Crippen LogP contribution in [0.5, 0.6) is 5.75 Å². The van der Waals surface area contributed by atoms with Gasteiger partial charge in [-0.05, 0) is 30.9 Å². The number of nitrogens with one attached hydrogen (secondary N) is 3. The van der Waals surface area contributed by atoms with Crippen LogP contribution in [-0.4, -0.2) is 83.7 Å². The first-order chi connectivity index (χ1) is 19.1. The Morgan fingerprint density at radius 3 is 2.95 bits per heavy atom. The predicted molar refractivity (Wildman–Crippen MR) is 140 cm³/mol. The fourth-order valence-electron chi connectivity index (χ4n) is 5.49. The third kappa shape index (κ3) is 5.07. The molecule has 39 heavy (non-hydrogen) atoms. The van der Waals surface area contributed by atoms with E-state index in [2.05, 4.69) is 46.2 Å².